The summed E-state index contributed by atoms with van der Waals surface area (Å²) in [6, 6.07) is 16.1. The lowest BCUT2D eigenvalue weighted by Crippen LogP contribution is -2.30. The third kappa shape index (κ3) is 2.51. The molecule has 25 heavy (non-hydrogen) atoms. The second-order valence-corrected chi connectivity index (χ2v) is 8.09. The van der Waals surface area contributed by atoms with Crippen LogP contribution in [0.2, 0.25) is 0 Å². The monoisotopic (exact) mass is 366 g/mol. The van der Waals surface area contributed by atoms with Crippen molar-refractivity contribution in [2.24, 2.45) is 0 Å². The maximum atomic E-state index is 12.7. The number of hydrogen-bond donors (Lipinski definition) is 0. The first kappa shape index (κ1) is 14.9. The zero-order valence-corrected chi connectivity index (χ0v) is 14.9. The smallest absolute Gasteiger partial charge is 0.239 e. The number of imidazole rings is 1. The first-order chi connectivity index (χ1) is 12.3. The van der Waals surface area contributed by atoms with E-state index in [0.717, 1.165) is 38.1 Å². The van der Waals surface area contributed by atoms with Crippen molar-refractivity contribution < 1.29 is 4.79 Å². The zero-order chi connectivity index (χ0) is 16.8. The van der Waals surface area contributed by atoms with Crippen LogP contribution in [0.25, 0.3) is 21.3 Å². The number of hydrogen-bond acceptors (Lipinski definition) is 5. The molecule has 0 bridgehead atoms. The van der Waals surface area contributed by atoms with Gasteiger partial charge in [0.1, 0.15) is 0 Å². The second-order valence-electron chi connectivity index (χ2n) is 5.83. The third-order valence-electron chi connectivity index (χ3n) is 4.32. The molecule has 7 heteroatoms. The zero-order valence-electron chi connectivity index (χ0n) is 13.3. The van der Waals surface area contributed by atoms with E-state index in [9.17, 15) is 4.79 Å². The van der Waals surface area contributed by atoms with Gasteiger partial charge in [0, 0.05) is 13.1 Å². The van der Waals surface area contributed by atoms with Crippen molar-refractivity contribution in [2.45, 2.75) is 10.9 Å². The van der Waals surface area contributed by atoms with Gasteiger partial charge in [0.25, 0.3) is 0 Å². The summed E-state index contributed by atoms with van der Waals surface area (Å²) in [6.07, 6.45) is 0. The average Bonchev–Trinajstić information content (AvgIpc) is 3.32. The first-order valence-corrected chi connectivity index (χ1v) is 9.84. The largest absolute Gasteiger partial charge is 0.308 e. The van der Waals surface area contributed by atoms with Crippen LogP contribution in [0.3, 0.4) is 0 Å². The van der Waals surface area contributed by atoms with Gasteiger partial charge >= 0.3 is 0 Å². The molecule has 2 aromatic carbocycles. The number of anilines is 1. The Bertz CT molecular complexity index is 1070. The van der Waals surface area contributed by atoms with Gasteiger partial charge in [-0.2, -0.15) is 0 Å². The highest BCUT2D eigenvalue weighted by molar-refractivity contribution is 8.01. The number of thioether (sulfide) groups is 1. The molecular weight excluding hydrogens is 352 g/mol. The number of aromatic nitrogens is 3. The Morgan fingerprint density at radius 3 is 2.72 bits per heavy atom. The van der Waals surface area contributed by atoms with Gasteiger partial charge in [-0.15, -0.1) is 11.3 Å². The number of carbonyl (C=O) groups excluding carboxylic acids is 1. The fourth-order valence-corrected chi connectivity index (χ4v) is 5.08. The topological polar surface area (TPSA) is 51.0 Å². The molecule has 3 heterocycles. The summed E-state index contributed by atoms with van der Waals surface area (Å²) in [5.74, 6) is 1.22. The summed E-state index contributed by atoms with van der Waals surface area (Å²) in [7, 11) is 0. The molecule has 0 radical (unpaired) electrons. The molecule has 0 saturated carbocycles. The number of thiazole rings is 1. The van der Waals surface area contributed by atoms with E-state index in [0.29, 0.717) is 12.3 Å². The van der Waals surface area contributed by atoms with Crippen molar-refractivity contribution in [3.63, 3.8) is 0 Å². The highest BCUT2D eigenvalue weighted by atomic mass is 32.2. The van der Waals surface area contributed by atoms with Crippen molar-refractivity contribution in [3.8, 4) is 0 Å². The Morgan fingerprint density at radius 2 is 1.84 bits per heavy atom. The normalized spacial score (nSPS) is 13.7. The van der Waals surface area contributed by atoms with Crippen LogP contribution in [-0.4, -0.2) is 32.7 Å². The molecule has 1 aliphatic rings. The van der Waals surface area contributed by atoms with Gasteiger partial charge in [0.05, 0.1) is 27.0 Å². The summed E-state index contributed by atoms with van der Waals surface area (Å²) in [5, 5.41) is 0. The van der Waals surface area contributed by atoms with Crippen LogP contribution in [0.15, 0.2) is 52.9 Å². The van der Waals surface area contributed by atoms with E-state index in [2.05, 4.69) is 26.7 Å². The number of nitrogens with zero attached hydrogens (tertiary/aromatic N) is 4. The molecule has 2 aromatic heterocycles. The highest BCUT2D eigenvalue weighted by Gasteiger charge is 2.28. The van der Waals surface area contributed by atoms with Crippen LogP contribution in [0.5, 0.6) is 0 Å². The van der Waals surface area contributed by atoms with Crippen molar-refractivity contribution in [3.05, 3.63) is 48.5 Å². The Labute approximate surface area is 152 Å². The lowest BCUT2D eigenvalue weighted by atomic mass is 10.3. The predicted molar refractivity (Wildman–Crippen MR) is 102 cm³/mol. The van der Waals surface area contributed by atoms with Gasteiger partial charge in [-0.05, 0) is 24.3 Å². The van der Waals surface area contributed by atoms with Crippen LogP contribution < -0.4 is 4.90 Å². The number of benzene rings is 2. The molecular formula is C18H14N4OS2. The summed E-state index contributed by atoms with van der Waals surface area (Å²) < 4.78 is 4.21. The molecule has 0 fully saturated rings. The SMILES string of the molecule is O=C(CSc1nc2ccccc2s1)N1CCn2c1nc1ccccc12. The number of fused-ring (bicyclic) bond motifs is 4. The number of rotatable bonds is 3. The molecule has 0 atom stereocenters. The van der Waals surface area contributed by atoms with Crippen LogP contribution in [0.4, 0.5) is 5.95 Å². The van der Waals surface area contributed by atoms with E-state index in [1.165, 1.54) is 11.8 Å². The molecule has 0 N–H and O–H groups in total. The molecule has 0 saturated heterocycles. The predicted octanol–water partition coefficient (Wildman–Crippen LogP) is 3.78. The lowest BCUT2D eigenvalue weighted by Gasteiger charge is -2.12. The lowest BCUT2D eigenvalue weighted by molar-refractivity contribution is -0.116. The van der Waals surface area contributed by atoms with Crippen molar-refractivity contribution >= 4 is 56.2 Å². The average molecular weight is 366 g/mol. The molecule has 124 valence electrons. The molecule has 0 aliphatic carbocycles. The third-order valence-corrected chi connectivity index (χ3v) is 6.48. The van der Waals surface area contributed by atoms with Crippen molar-refractivity contribution in [1.29, 1.82) is 0 Å². The van der Waals surface area contributed by atoms with Crippen molar-refractivity contribution in [1.82, 2.24) is 14.5 Å². The van der Waals surface area contributed by atoms with E-state index in [-0.39, 0.29) is 5.91 Å². The fraction of sp³-hybridized carbons (Fsp3) is 0.167. The molecule has 0 spiro atoms. The molecule has 0 unspecified atom stereocenters. The maximum absolute atomic E-state index is 12.7. The summed E-state index contributed by atoms with van der Waals surface area (Å²) in [4.78, 5) is 23.7. The minimum atomic E-state index is 0.0818. The van der Waals surface area contributed by atoms with Crippen LogP contribution in [0, 0.1) is 0 Å². The molecule has 5 nitrogen and oxygen atoms in total. The summed E-state index contributed by atoms with van der Waals surface area (Å²) in [6.45, 7) is 1.49. The first-order valence-electron chi connectivity index (χ1n) is 8.03. The summed E-state index contributed by atoms with van der Waals surface area (Å²) in [5.41, 5.74) is 3.02. The van der Waals surface area contributed by atoms with E-state index in [1.807, 2.05) is 36.4 Å². The minimum absolute atomic E-state index is 0.0818. The molecule has 1 aliphatic heterocycles. The van der Waals surface area contributed by atoms with E-state index >= 15 is 0 Å². The Hall–Kier alpha value is -2.38. The van der Waals surface area contributed by atoms with Gasteiger partial charge in [-0.3, -0.25) is 9.69 Å². The standard InChI is InChI=1S/C18H14N4OS2/c23-16(11-24-18-20-13-6-2-4-8-15(13)25-18)22-10-9-21-14-7-3-1-5-12(14)19-17(21)22/h1-8H,9-11H2. The number of amides is 1. The van der Waals surface area contributed by atoms with Gasteiger partial charge in [0.15, 0.2) is 4.34 Å². The number of para-hydroxylation sites is 3. The van der Waals surface area contributed by atoms with Crippen molar-refractivity contribution in [2.75, 3.05) is 17.2 Å². The Kier molecular flexibility index (Phi) is 3.50. The second kappa shape index (κ2) is 5.86. The Morgan fingerprint density at radius 1 is 1.04 bits per heavy atom. The fourth-order valence-electron chi connectivity index (χ4n) is 3.14. The van der Waals surface area contributed by atoms with Crippen LogP contribution in [-0.2, 0) is 11.3 Å². The van der Waals surface area contributed by atoms with E-state index < -0.39 is 0 Å². The maximum Gasteiger partial charge on any atom is 0.239 e. The highest BCUT2D eigenvalue weighted by Crippen LogP contribution is 2.31. The molecule has 5 rings (SSSR count). The van der Waals surface area contributed by atoms with E-state index in [4.69, 9.17) is 0 Å². The van der Waals surface area contributed by atoms with Crippen LogP contribution >= 0.6 is 23.1 Å². The number of carbonyl (C=O) groups is 1. The van der Waals surface area contributed by atoms with Gasteiger partial charge < -0.3 is 4.57 Å². The molecule has 1 amide bonds. The van der Waals surface area contributed by atoms with Gasteiger partial charge in [0.2, 0.25) is 11.9 Å². The Balaban J connectivity index is 1.35. The van der Waals surface area contributed by atoms with Crippen LogP contribution in [0.1, 0.15) is 0 Å². The van der Waals surface area contributed by atoms with Gasteiger partial charge in [-0.1, -0.05) is 36.0 Å². The minimum Gasteiger partial charge on any atom is -0.308 e. The molecule has 4 aromatic rings. The summed E-state index contributed by atoms with van der Waals surface area (Å²) >= 11 is 3.13. The van der Waals surface area contributed by atoms with Gasteiger partial charge in [-0.25, -0.2) is 9.97 Å². The van der Waals surface area contributed by atoms with E-state index in [1.54, 1.807) is 16.2 Å². The quantitative estimate of drug-likeness (QED) is 0.518.